The van der Waals surface area contributed by atoms with Crippen molar-refractivity contribution in [2.45, 2.75) is 58.3 Å². The molecule has 1 fully saturated rings. The summed E-state index contributed by atoms with van der Waals surface area (Å²) < 4.78 is 0. The maximum atomic E-state index is 5.10. The van der Waals surface area contributed by atoms with Gasteiger partial charge in [-0.3, -0.25) is 0 Å². The molecular formula is C19H28N4S. The van der Waals surface area contributed by atoms with Crippen LogP contribution < -0.4 is 10.2 Å². The summed E-state index contributed by atoms with van der Waals surface area (Å²) in [5.41, 5.74) is 1.57. The van der Waals surface area contributed by atoms with Crippen molar-refractivity contribution in [3.63, 3.8) is 0 Å². The van der Waals surface area contributed by atoms with Crippen LogP contribution in [0.15, 0.2) is 0 Å². The summed E-state index contributed by atoms with van der Waals surface area (Å²) in [6.45, 7) is 8.69. The molecule has 2 aromatic rings. The number of nitrogens with one attached hydrogen (secondary N) is 1. The summed E-state index contributed by atoms with van der Waals surface area (Å²) in [6.07, 6.45) is 7.53. The maximum absolute atomic E-state index is 5.10. The lowest BCUT2D eigenvalue weighted by atomic mass is 10.1. The third-order valence-corrected chi connectivity index (χ3v) is 6.72. The lowest BCUT2D eigenvalue weighted by Crippen LogP contribution is -2.44. The molecule has 1 N–H and O–H groups in total. The Labute approximate surface area is 148 Å². The van der Waals surface area contributed by atoms with Gasteiger partial charge in [-0.1, -0.05) is 20.3 Å². The Balaban J connectivity index is 1.89. The highest BCUT2D eigenvalue weighted by molar-refractivity contribution is 7.19. The fraction of sp³-hybridized carbons (Fsp3) is 0.684. The van der Waals surface area contributed by atoms with Gasteiger partial charge in [-0.15, -0.1) is 11.3 Å². The van der Waals surface area contributed by atoms with Crippen molar-refractivity contribution in [2.24, 2.45) is 0 Å². The van der Waals surface area contributed by atoms with E-state index in [1.54, 1.807) is 10.4 Å². The van der Waals surface area contributed by atoms with Crippen LogP contribution in [0.1, 0.15) is 61.7 Å². The molecule has 1 unspecified atom stereocenters. The number of rotatable bonds is 3. The smallest absolute Gasteiger partial charge is 0.141 e. The number of fused-ring (bicyclic) bond motifs is 3. The van der Waals surface area contributed by atoms with Gasteiger partial charge in [0.05, 0.1) is 5.39 Å². The minimum absolute atomic E-state index is 0.429. The predicted octanol–water partition coefficient (Wildman–Crippen LogP) is 3.88. The van der Waals surface area contributed by atoms with E-state index in [0.29, 0.717) is 5.92 Å². The zero-order chi connectivity index (χ0) is 16.5. The van der Waals surface area contributed by atoms with E-state index in [0.717, 1.165) is 38.4 Å². The molecule has 24 heavy (non-hydrogen) atoms. The first-order valence-corrected chi connectivity index (χ1v) is 10.4. The molecule has 1 atom stereocenters. The van der Waals surface area contributed by atoms with E-state index in [1.165, 1.54) is 48.1 Å². The Bertz CT molecular complexity index is 718. The van der Waals surface area contributed by atoms with Gasteiger partial charge in [-0.25, -0.2) is 9.97 Å². The second-order valence-electron chi connectivity index (χ2n) is 7.20. The number of nitrogens with zero attached hydrogens (tertiary/aromatic N) is 3. The van der Waals surface area contributed by atoms with Gasteiger partial charge in [0.2, 0.25) is 0 Å². The molecule has 1 saturated heterocycles. The van der Waals surface area contributed by atoms with Crippen LogP contribution in [0.5, 0.6) is 0 Å². The standard InChI is InChI=1S/C19H28N4S/c1-3-13(2)17-21-18(23-11-9-20-10-12-23)16-14-7-5-4-6-8-15(14)24-19(16)22-17/h13,20H,3-12H2,1-2H3. The van der Waals surface area contributed by atoms with E-state index >= 15 is 0 Å². The number of thiophene rings is 1. The van der Waals surface area contributed by atoms with Crippen LogP contribution in [0, 0.1) is 0 Å². The molecular weight excluding hydrogens is 316 g/mol. The molecule has 1 aliphatic heterocycles. The normalized spacial score (nSPS) is 20.0. The number of piperazine rings is 1. The fourth-order valence-corrected chi connectivity index (χ4v) is 5.10. The zero-order valence-corrected chi connectivity index (χ0v) is 15.7. The van der Waals surface area contributed by atoms with Crippen molar-refractivity contribution in [1.82, 2.24) is 15.3 Å². The fourth-order valence-electron chi connectivity index (χ4n) is 3.84. The number of hydrogen-bond donors (Lipinski definition) is 1. The maximum Gasteiger partial charge on any atom is 0.141 e. The first-order valence-electron chi connectivity index (χ1n) is 9.55. The number of anilines is 1. The first kappa shape index (κ1) is 16.3. The molecule has 0 saturated carbocycles. The summed E-state index contributed by atoms with van der Waals surface area (Å²) in [4.78, 5) is 15.4. The van der Waals surface area contributed by atoms with Gasteiger partial charge in [0, 0.05) is 37.0 Å². The molecule has 4 rings (SSSR count). The molecule has 0 aromatic carbocycles. The molecule has 130 valence electrons. The summed E-state index contributed by atoms with van der Waals surface area (Å²) in [7, 11) is 0. The first-order chi connectivity index (χ1) is 11.8. The van der Waals surface area contributed by atoms with Crippen LogP contribution in [0.2, 0.25) is 0 Å². The van der Waals surface area contributed by atoms with Crippen molar-refractivity contribution in [3.8, 4) is 0 Å². The van der Waals surface area contributed by atoms with Gasteiger partial charge in [-0.2, -0.15) is 0 Å². The van der Waals surface area contributed by atoms with Crippen molar-refractivity contribution in [2.75, 3.05) is 31.1 Å². The van der Waals surface area contributed by atoms with Crippen LogP contribution in [0.25, 0.3) is 10.2 Å². The molecule has 0 radical (unpaired) electrons. The van der Waals surface area contributed by atoms with Crippen molar-refractivity contribution >= 4 is 27.4 Å². The SMILES string of the molecule is CCC(C)c1nc(N2CCNCC2)c2c3c(sc2n1)CCCCC3. The van der Waals surface area contributed by atoms with E-state index < -0.39 is 0 Å². The Morgan fingerprint density at radius 1 is 1.12 bits per heavy atom. The number of aromatic nitrogens is 2. The summed E-state index contributed by atoms with van der Waals surface area (Å²) in [6, 6.07) is 0. The molecule has 5 heteroatoms. The molecule has 2 aliphatic rings. The summed E-state index contributed by atoms with van der Waals surface area (Å²) >= 11 is 1.94. The Morgan fingerprint density at radius 2 is 1.92 bits per heavy atom. The minimum Gasteiger partial charge on any atom is -0.353 e. The van der Waals surface area contributed by atoms with Gasteiger partial charge >= 0.3 is 0 Å². The largest absolute Gasteiger partial charge is 0.353 e. The average molecular weight is 345 g/mol. The Kier molecular flexibility index (Phi) is 4.72. The van der Waals surface area contributed by atoms with Gasteiger partial charge in [0.15, 0.2) is 0 Å². The minimum atomic E-state index is 0.429. The second kappa shape index (κ2) is 6.96. The van der Waals surface area contributed by atoms with Crippen LogP contribution in [-0.4, -0.2) is 36.1 Å². The highest BCUT2D eigenvalue weighted by Crippen LogP contribution is 2.40. The molecule has 0 spiro atoms. The van der Waals surface area contributed by atoms with Crippen LogP contribution in [0.4, 0.5) is 5.82 Å². The predicted molar refractivity (Wildman–Crippen MR) is 102 cm³/mol. The quantitative estimate of drug-likeness (QED) is 0.858. The topological polar surface area (TPSA) is 41.1 Å². The van der Waals surface area contributed by atoms with Crippen molar-refractivity contribution in [1.29, 1.82) is 0 Å². The second-order valence-corrected chi connectivity index (χ2v) is 8.28. The van der Waals surface area contributed by atoms with Crippen LogP contribution in [-0.2, 0) is 12.8 Å². The Hall–Kier alpha value is -1.20. The molecule has 1 aliphatic carbocycles. The van der Waals surface area contributed by atoms with Gasteiger partial charge < -0.3 is 10.2 Å². The third-order valence-electron chi connectivity index (χ3n) is 5.53. The summed E-state index contributed by atoms with van der Waals surface area (Å²) in [5.74, 6) is 2.68. The third kappa shape index (κ3) is 2.93. The highest BCUT2D eigenvalue weighted by Gasteiger charge is 2.24. The zero-order valence-electron chi connectivity index (χ0n) is 14.9. The number of hydrogen-bond acceptors (Lipinski definition) is 5. The van der Waals surface area contributed by atoms with E-state index in [-0.39, 0.29) is 0 Å². The van der Waals surface area contributed by atoms with E-state index in [9.17, 15) is 0 Å². The average Bonchev–Trinajstić information content (AvgIpc) is 2.82. The van der Waals surface area contributed by atoms with Gasteiger partial charge in [0.1, 0.15) is 16.5 Å². The van der Waals surface area contributed by atoms with E-state index in [1.807, 2.05) is 11.3 Å². The lowest BCUT2D eigenvalue weighted by Gasteiger charge is -2.29. The van der Waals surface area contributed by atoms with E-state index in [2.05, 4.69) is 24.1 Å². The molecule has 2 aromatic heterocycles. The number of aryl methyl sites for hydroxylation is 2. The van der Waals surface area contributed by atoms with Crippen LogP contribution >= 0.6 is 11.3 Å². The van der Waals surface area contributed by atoms with Gasteiger partial charge in [0.25, 0.3) is 0 Å². The van der Waals surface area contributed by atoms with Gasteiger partial charge in [-0.05, 0) is 37.7 Å². The monoisotopic (exact) mass is 344 g/mol. The summed E-state index contributed by atoms with van der Waals surface area (Å²) in [5, 5.41) is 4.85. The Morgan fingerprint density at radius 3 is 2.71 bits per heavy atom. The van der Waals surface area contributed by atoms with Crippen molar-refractivity contribution in [3.05, 3.63) is 16.3 Å². The highest BCUT2D eigenvalue weighted by atomic mass is 32.1. The van der Waals surface area contributed by atoms with E-state index in [4.69, 9.17) is 9.97 Å². The molecule has 4 nitrogen and oxygen atoms in total. The van der Waals surface area contributed by atoms with Crippen LogP contribution in [0.3, 0.4) is 0 Å². The van der Waals surface area contributed by atoms with Crippen molar-refractivity contribution < 1.29 is 0 Å². The molecule has 3 heterocycles. The molecule has 0 amide bonds. The molecule has 0 bridgehead atoms. The lowest BCUT2D eigenvalue weighted by molar-refractivity contribution is 0.583.